The highest BCUT2D eigenvalue weighted by molar-refractivity contribution is 5.77. The fraction of sp³-hybridized carbons (Fsp3) is 0.467. The first kappa shape index (κ1) is 15.2. The van der Waals surface area contributed by atoms with E-state index in [-0.39, 0.29) is 5.97 Å². The molecule has 2 aromatic rings. The lowest BCUT2D eigenvalue weighted by molar-refractivity contribution is -0.145. The number of rotatable bonds is 6. The highest BCUT2D eigenvalue weighted by Crippen LogP contribution is 2.25. The topological polar surface area (TPSA) is 78.1 Å². The van der Waals surface area contributed by atoms with Gasteiger partial charge in [-0.25, -0.2) is 0 Å². The average Bonchev–Trinajstić information content (AvgIpc) is 2.94. The molecule has 1 unspecified atom stereocenters. The minimum absolute atomic E-state index is 0.307. The van der Waals surface area contributed by atoms with Crippen LogP contribution in [0, 0.1) is 6.92 Å². The molecule has 6 heteroatoms. The van der Waals surface area contributed by atoms with E-state index >= 15 is 0 Å². The van der Waals surface area contributed by atoms with Crippen molar-refractivity contribution in [2.24, 2.45) is 0 Å². The largest absolute Gasteiger partial charge is 0.465 e. The smallest absolute Gasteiger partial charge is 0.318 e. The number of hydrogen-bond acceptors (Lipinski definition) is 6. The van der Waals surface area contributed by atoms with E-state index in [9.17, 15) is 4.79 Å². The molecule has 2 rings (SSSR count). The molecule has 0 radical (unpaired) electrons. The second-order valence-corrected chi connectivity index (χ2v) is 4.74. The number of aryl methyl sites for hydroxylation is 1. The van der Waals surface area contributed by atoms with E-state index in [0.717, 1.165) is 17.5 Å². The van der Waals surface area contributed by atoms with Gasteiger partial charge in [-0.1, -0.05) is 18.5 Å². The molecule has 112 valence electrons. The van der Waals surface area contributed by atoms with Crippen LogP contribution in [0.15, 0.2) is 23.0 Å². The zero-order valence-corrected chi connectivity index (χ0v) is 12.5. The maximum Gasteiger partial charge on any atom is 0.318 e. The van der Waals surface area contributed by atoms with Crippen molar-refractivity contribution in [3.05, 3.63) is 29.9 Å². The van der Waals surface area contributed by atoms with E-state index in [1.165, 1.54) is 0 Å². The highest BCUT2D eigenvalue weighted by Gasteiger charge is 2.27. The van der Waals surface area contributed by atoms with Crippen LogP contribution in [0.4, 0.5) is 0 Å². The number of nitrogens with zero attached hydrogens (tertiary/aromatic N) is 3. The first-order valence-corrected chi connectivity index (χ1v) is 7.08. The van der Waals surface area contributed by atoms with Crippen LogP contribution in [0.5, 0.6) is 0 Å². The number of carbonyl (C=O) groups excluding carboxylic acids is 1. The zero-order valence-electron chi connectivity index (χ0n) is 12.5. The van der Waals surface area contributed by atoms with Crippen molar-refractivity contribution in [2.45, 2.75) is 39.5 Å². The summed E-state index contributed by atoms with van der Waals surface area (Å²) in [6.07, 6.45) is 4.86. The maximum absolute atomic E-state index is 12.0. The van der Waals surface area contributed by atoms with Crippen LogP contribution in [-0.4, -0.2) is 27.7 Å². The molecule has 6 nitrogen and oxygen atoms in total. The lowest BCUT2D eigenvalue weighted by atomic mass is 10.0. The zero-order chi connectivity index (χ0) is 15.2. The molecule has 0 saturated carbocycles. The monoisotopic (exact) mass is 289 g/mol. The van der Waals surface area contributed by atoms with Gasteiger partial charge >= 0.3 is 5.97 Å². The molecule has 1 atom stereocenters. The Morgan fingerprint density at radius 1 is 1.43 bits per heavy atom. The molecule has 0 N–H and O–H groups in total. The predicted octanol–water partition coefficient (Wildman–Crippen LogP) is 2.89. The molecular weight excluding hydrogens is 270 g/mol. The Morgan fingerprint density at radius 2 is 2.24 bits per heavy atom. The molecule has 0 bridgehead atoms. The SMILES string of the molecule is CCCC(C(=O)OCC)c1nc(-c2ccncc2C)no1. The van der Waals surface area contributed by atoms with Gasteiger partial charge in [-0.05, 0) is 31.9 Å². The predicted molar refractivity (Wildman–Crippen MR) is 76.5 cm³/mol. The second kappa shape index (κ2) is 6.97. The van der Waals surface area contributed by atoms with E-state index in [4.69, 9.17) is 9.26 Å². The molecule has 0 aliphatic heterocycles. The van der Waals surface area contributed by atoms with Crippen LogP contribution in [0.2, 0.25) is 0 Å². The third-order valence-corrected chi connectivity index (χ3v) is 3.15. The van der Waals surface area contributed by atoms with Gasteiger partial charge in [0.05, 0.1) is 6.61 Å². The highest BCUT2D eigenvalue weighted by atomic mass is 16.5. The van der Waals surface area contributed by atoms with Gasteiger partial charge in [-0.15, -0.1) is 0 Å². The van der Waals surface area contributed by atoms with E-state index in [1.807, 2.05) is 19.9 Å². The molecule has 21 heavy (non-hydrogen) atoms. The summed E-state index contributed by atoms with van der Waals surface area (Å²) in [7, 11) is 0. The minimum atomic E-state index is -0.502. The minimum Gasteiger partial charge on any atom is -0.465 e. The van der Waals surface area contributed by atoms with Crippen molar-refractivity contribution in [2.75, 3.05) is 6.61 Å². The quantitative estimate of drug-likeness (QED) is 0.761. The number of aromatic nitrogens is 3. The van der Waals surface area contributed by atoms with Gasteiger partial charge in [0, 0.05) is 18.0 Å². The van der Waals surface area contributed by atoms with Crippen molar-refractivity contribution >= 4 is 5.97 Å². The van der Waals surface area contributed by atoms with Gasteiger partial charge in [0.25, 0.3) is 0 Å². The number of hydrogen-bond donors (Lipinski definition) is 0. The first-order valence-electron chi connectivity index (χ1n) is 7.08. The molecule has 0 fully saturated rings. The molecule has 2 heterocycles. The van der Waals surface area contributed by atoms with Crippen LogP contribution < -0.4 is 0 Å². The van der Waals surface area contributed by atoms with Gasteiger partial charge in [-0.2, -0.15) is 4.98 Å². The van der Waals surface area contributed by atoms with E-state index in [2.05, 4.69) is 15.1 Å². The van der Waals surface area contributed by atoms with Gasteiger partial charge in [0.2, 0.25) is 11.7 Å². The fourth-order valence-electron chi connectivity index (χ4n) is 2.08. The van der Waals surface area contributed by atoms with Crippen molar-refractivity contribution in [3.8, 4) is 11.4 Å². The maximum atomic E-state index is 12.0. The number of ether oxygens (including phenoxy) is 1. The van der Waals surface area contributed by atoms with E-state index in [1.54, 1.807) is 19.3 Å². The number of carbonyl (C=O) groups is 1. The summed E-state index contributed by atoms with van der Waals surface area (Å²) in [4.78, 5) is 20.4. The van der Waals surface area contributed by atoms with Gasteiger partial charge in [-0.3, -0.25) is 9.78 Å². The van der Waals surface area contributed by atoms with E-state index in [0.29, 0.717) is 24.7 Å². The molecular formula is C15H19N3O3. The summed E-state index contributed by atoms with van der Waals surface area (Å²) in [6, 6.07) is 1.82. The Hall–Kier alpha value is -2.24. The van der Waals surface area contributed by atoms with Crippen LogP contribution in [0.25, 0.3) is 11.4 Å². The van der Waals surface area contributed by atoms with Crippen molar-refractivity contribution in [1.82, 2.24) is 15.1 Å². The molecule has 0 aliphatic carbocycles. The van der Waals surface area contributed by atoms with Crippen LogP contribution in [0.1, 0.15) is 44.1 Å². The Kier molecular flexibility index (Phi) is 5.03. The molecule has 0 spiro atoms. The van der Waals surface area contributed by atoms with E-state index < -0.39 is 5.92 Å². The van der Waals surface area contributed by atoms with Gasteiger partial charge < -0.3 is 9.26 Å². The molecule has 0 amide bonds. The summed E-state index contributed by atoms with van der Waals surface area (Å²) < 4.78 is 10.3. The van der Waals surface area contributed by atoms with Gasteiger partial charge in [0.1, 0.15) is 5.92 Å². The Balaban J connectivity index is 2.28. The molecule has 0 saturated heterocycles. The third kappa shape index (κ3) is 3.45. The van der Waals surface area contributed by atoms with Crippen LogP contribution >= 0.6 is 0 Å². The summed E-state index contributed by atoms with van der Waals surface area (Å²) in [5.41, 5.74) is 1.80. The van der Waals surface area contributed by atoms with Crippen LogP contribution in [0.3, 0.4) is 0 Å². The summed E-state index contributed by atoms with van der Waals surface area (Å²) in [5.74, 6) is -0.0452. The lowest BCUT2D eigenvalue weighted by Crippen LogP contribution is -2.16. The van der Waals surface area contributed by atoms with Crippen molar-refractivity contribution < 1.29 is 14.1 Å². The first-order chi connectivity index (χ1) is 10.2. The standard InChI is InChI=1S/C15H19N3O3/c1-4-6-12(15(19)20-5-2)14-17-13(18-21-14)11-7-8-16-9-10(11)3/h7-9,12H,4-6H2,1-3H3. The molecule has 0 aliphatic rings. The van der Waals surface area contributed by atoms with Crippen molar-refractivity contribution in [3.63, 3.8) is 0 Å². The lowest BCUT2D eigenvalue weighted by Gasteiger charge is -2.09. The van der Waals surface area contributed by atoms with Crippen LogP contribution in [-0.2, 0) is 9.53 Å². The third-order valence-electron chi connectivity index (χ3n) is 3.15. The summed E-state index contributed by atoms with van der Waals surface area (Å²) >= 11 is 0. The Morgan fingerprint density at radius 3 is 2.90 bits per heavy atom. The van der Waals surface area contributed by atoms with Gasteiger partial charge in [0.15, 0.2) is 0 Å². The number of pyridine rings is 1. The summed E-state index contributed by atoms with van der Waals surface area (Å²) in [5, 5.41) is 3.97. The molecule has 0 aromatic carbocycles. The number of esters is 1. The molecule has 2 aromatic heterocycles. The summed E-state index contributed by atoms with van der Waals surface area (Å²) in [6.45, 7) is 6.04. The Labute approximate surface area is 123 Å². The normalized spacial score (nSPS) is 12.1. The Bertz CT molecular complexity index is 610. The average molecular weight is 289 g/mol. The fourth-order valence-corrected chi connectivity index (χ4v) is 2.08. The second-order valence-electron chi connectivity index (χ2n) is 4.74. The van der Waals surface area contributed by atoms with Crippen molar-refractivity contribution in [1.29, 1.82) is 0 Å².